The maximum absolute atomic E-state index is 4.21. The SMILES string of the molecule is C=Cc1c(/C=C\C)c(=C)/c(=C\C)n1-c1ccccc1.CC.CC. The Morgan fingerprint density at radius 3 is 1.96 bits per heavy atom. The van der Waals surface area contributed by atoms with Gasteiger partial charge < -0.3 is 4.57 Å². The van der Waals surface area contributed by atoms with Gasteiger partial charge >= 0.3 is 0 Å². The van der Waals surface area contributed by atoms with E-state index in [4.69, 9.17) is 0 Å². The van der Waals surface area contributed by atoms with Crippen LogP contribution in [0, 0.1) is 0 Å². The standard InChI is InChI=1S/C18H19N.2C2H6/c1-5-11-16-14(4)17(6-2)19(18(16)7-3)15-12-9-8-10-13-15;2*1-2/h5-13H,3-4H2,1-2H3;2*1-2H3/b11-5-,17-6+;;. The van der Waals surface area contributed by atoms with Crippen LogP contribution in [0.1, 0.15) is 52.8 Å². The fourth-order valence-electron chi connectivity index (χ4n) is 2.39. The van der Waals surface area contributed by atoms with Crippen LogP contribution >= 0.6 is 0 Å². The van der Waals surface area contributed by atoms with Gasteiger partial charge in [0.1, 0.15) is 0 Å². The number of aromatic nitrogens is 1. The summed E-state index contributed by atoms with van der Waals surface area (Å²) < 4.78 is 2.20. The molecule has 2 rings (SSSR count). The fraction of sp³-hybridized carbons (Fsp3) is 0.273. The number of rotatable bonds is 3. The molecule has 0 atom stereocenters. The molecule has 0 bridgehead atoms. The highest BCUT2D eigenvalue weighted by molar-refractivity contribution is 5.66. The van der Waals surface area contributed by atoms with Crippen LogP contribution in [0.2, 0.25) is 0 Å². The van der Waals surface area contributed by atoms with Gasteiger partial charge in [0.15, 0.2) is 0 Å². The molecule has 0 aliphatic heterocycles. The molecule has 0 aliphatic carbocycles. The van der Waals surface area contributed by atoms with Gasteiger partial charge in [0.2, 0.25) is 0 Å². The van der Waals surface area contributed by atoms with Crippen molar-refractivity contribution in [3.05, 3.63) is 64.8 Å². The Bertz CT molecular complexity index is 716. The second kappa shape index (κ2) is 11.3. The van der Waals surface area contributed by atoms with Crippen molar-refractivity contribution < 1.29 is 0 Å². The predicted octanol–water partition coefficient (Wildman–Crippen LogP) is 5.42. The van der Waals surface area contributed by atoms with Gasteiger partial charge in [-0.3, -0.25) is 0 Å². The van der Waals surface area contributed by atoms with Gasteiger partial charge in [-0.15, -0.1) is 0 Å². The first kappa shape index (κ1) is 20.7. The molecule has 0 N–H and O–H groups in total. The summed E-state index contributed by atoms with van der Waals surface area (Å²) in [4.78, 5) is 0. The Hall–Kier alpha value is -2.28. The Kier molecular flexibility index (Phi) is 10.2. The Morgan fingerprint density at radius 1 is 0.957 bits per heavy atom. The van der Waals surface area contributed by atoms with E-state index in [2.05, 4.69) is 42.0 Å². The molecule has 0 saturated heterocycles. The first-order valence-corrected chi connectivity index (χ1v) is 8.45. The highest BCUT2D eigenvalue weighted by atomic mass is 15.0. The van der Waals surface area contributed by atoms with E-state index in [1.807, 2.05) is 71.9 Å². The van der Waals surface area contributed by atoms with Crippen molar-refractivity contribution in [2.24, 2.45) is 0 Å². The minimum Gasteiger partial charge on any atom is -0.310 e. The molecule has 1 heterocycles. The van der Waals surface area contributed by atoms with E-state index < -0.39 is 0 Å². The lowest BCUT2D eigenvalue weighted by atomic mass is 10.2. The summed E-state index contributed by atoms with van der Waals surface area (Å²) in [6.45, 7) is 20.2. The summed E-state index contributed by atoms with van der Waals surface area (Å²) in [5.74, 6) is 0. The van der Waals surface area contributed by atoms with E-state index in [9.17, 15) is 0 Å². The van der Waals surface area contributed by atoms with Crippen LogP contribution in [0.25, 0.3) is 30.5 Å². The minimum absolute atomic E-state index is 1.04. The average Bonchev–Trinajstić information content (AvgIpc) is 2.91. The molecular formula is C22H31N. The summed E-state index contributed by atoms with van der Waals surface area (Å²) in [7, 11) is 0. The zero-order valence-corrected chi connectivity index (χ0v) is 15.6. The van der Waals surface area contributed by atoms with Crippen molar-refractivity contribution >= 4 is 24.8 Å². The van der Waals surface area contributed by atoms with E-state index >= 15 is 0 Å². The summed E-state index contributed by atoms with van der Waals surface area (Å²) in [5, 5.41) is 2.16. The number of hydrogen-bond acceptors (Lipinski definition) is 0. The molecule has 23 heavy (non-hydrogen) atoms. The zero-order chi connectivity index (χ0) is 17.8. The highest BCUT2D eigenvalue weighted by Crippen LogP contribution is 2.13. The lowest BCUT2D eigenvalue weighted by Crippen LogP contribution is -2.27. The third-order valence-electron chi connectivity index (χ3n) is 3.21. The van der Waals surface area contributed by atoms with Crippen LogP contribution in [0.5, 0.6) is 0 Å². The number of para-hydroxylation sites is 1. The molecule has 0 unspecified atom stereocenters. The lowest BCUT2D eigenvalue weighted by molar-refractivity contribution is 1.01. The molecule has 0 aliphatic rings. The maximum Gasteiger partial charge on any atom is 0.0534 e. The Balaban J connectivity index is 0.00000112. The molecule has 1 nitrogen and oxygen atoms in total. The van der Waals surface area contributed by atoms with Crippen molar-refractivity contribution in [2.45, 2.75) is 41.5 Å². The van der Waals surface area contributed by atoms with Crippen molar-refractivity contribution in [1.29, 1.82) is 0 Å². The average molecular weight is 309 g/mol. The van der Waals surface area contributed by atoms with Gasteiger partial charge in [-0.25, -0.2) is 0 Å². The fourth-order valence-corrected chi connectivity index (χ4v) is 2.39. The zero-order valence-electron chi connectivity index (χ0n) is 15.6. The quantitative estimate of drug-likeness (QED) is 0.714. The third-order valence-corrected chi connectivity index (χ3v) is 3.21. The number of benzene rings is 1. The van der Waals surface area contributed by atoms with Gasteiger partial charge in [0.25, 0.3) is 0 Å². The molecule has 0 radical (unpaired) electrons. The van der Waals surface area contributed by atoms with E-state index in [1.54, 1.807) is 0 Å². The summed E-state index contributed by atoms with van der Waals surface area (Å²) >= 11 is 0. The van der Waals surface area contributed by atoms with Crippen LogP contribution in [-0.4, -0.2) is 4.57 Å². The largest absolute Gasteiger partial charge is 0.310 e. The molecule has 1 aromatic carbocycles. The molecule has 0 amide bonds. The van der Waals surface area contributed by atoms with Crippen LogP contribution in [0.15, 0.2) is 43.0 Å². The summed E-state index contributed by atoms with van der Waals surface area (Å²) in [6.07, 6.45) is 8.11. The lowest BCUT2D eigenvalue weighted by Gasteiger charge is -2.07. The number of nitrogens with zero attached hydrogens (tertiary/aromatic N) is 1. The molecular weight excluding hydrogens is 278 g/mol. The van der Waals surface area contributed by atoms with Gasteiger partial charge in [-0.1, -0.05) is 77.3 Å². The van der Waals surface area contributed by atoms with Crippen LogP contribution in [0.4, 0.5) is 0 Å². The van der Waals surface area contributed by atoms with Gasteiger partial charge in [0, 0.05) is 21.8 Å². The Morgan fingerprint density at radius 2 is 1.52 bits per heavy atom. The molecule has 0 fully saturated rings. The molecule has 124 valence electrons. The van der Waals surface area contributed by atoms with Crippen molar-refractivity contribution in [1.82, 2.24) is 4.57 Å². The number of hydrogen-bond donors (Lipinski definition) is 0. The highest BCUT2D eigenvalue weighted by Gasteiger charge is 2.10. The molecule has 2 aromatic rings. The normalized spacial score (nSPS) is 10.6. The van der Waals surface area contributed by atoms with E-state index in [-0.39, 0.29) is 0 Å². The summed E-state index contributed by atoms with van der Waals surface area (Å²) in [5.41, 5.74) is 3.35. The summed E-state index contributed by atoms with van der Waals surface area (Å²) in [6, 6.07) is 10.3. The predicted molar refractivity (Wildman–Crippen MR) is 108 cm³/mol. The van der Waals surface area contributed by atoms with Gasteiger partial charge in [0.05, 0.1) is 5.69 Å². The van der Waals surface area contributed by atoms with E-state index in [0.29, 0.717) is 0 Å². The first-order chi connectivity index (χ1) is 11.2. The van der Waals surface area contributed by atoms with Crippen LogP contribution < -0.4 is 10.6 Å². The molecule has 0 spiro atoms. The van der Waals surface area contributed by atoms with Crippen LogP contribution in [-0.2, 0) is 0 Å². The van der Waals surface area contributed by atoms with Crippen molar-refractivity contribution in [3.8, 4) is 5.69 Å². The van der Waals surface area contributed by atoms with Gasteiger partial charge in [-0.2, -0.15) is 0 Å². The van der Waals surface area contributed by atoms with Crippen molar-refractivity contribution in [2.75, 3.05) is 0 Å². The second-order valence-corrected chi connectivity index (χ2v) is 4.33. The van der Waals surface area contributed by atoms with E-state index in [1.165, 1.54) is 0 Å². The maximum atomic E-state index is 4.21. The smallest absolute Gasteiger partial charge is 0.0534 e. The molecule has 1 heteroatoms. The van der Waals surface area contributed by atoms with E-state index in [0.717, 1.165) is 27.5 Å². The molecule has 0 saturated carbocycles. The minimum atomic E-state index is 1.04. The van der Waals surface area contributed by atoms with Gasteiger partial charge in [-0.05, 0) is 32.1 Å². The second-order valence-electron chi connectivity index (χ2n) is 4.33. The monoisotopic (exact) mass is 309 g/mol. The van der Waals surface area contributed by atoms with Crippen molar-refractivity contribution in [3.63, 3.8) is 0 Å². The Labute approximate surface area is 142 Å². The first-order valence-electron chi connectivity index (χ1n) is 8.45. The topological polar surface area (TPSA) is 4.93 Å². The van der Waals surface area contributed by atoms with Crippen LogP contribution in [0.3, 0.4) is 0 Å². The number of allylic oxidation sites excluding steroid dienone is 1. The molecule has 1 aromatic heterocycles. The third kappa shape index (κ3) is 4.59.